The van der Waals surface area contributed by atoms with Crippen molar-refractivity contribution in [3.8, 4) is 5.69 Å². The fourth-order valence-electron chi connectivity index (χ4n) is 4.57. The van der Waals surface area contributed by atoms with Gasteiger partial charge in [-0.2, -0.15) is 5.10 Å². The van der Waals surface area contributed by atoms with Crippen molar-refractivity contribution in [2.75, 3.05) is 18.7 Å². The van der Waals surface area contributed by atoms with E-state index in [4.69, 9.17) is 11.6 Å². The predicted octanol–water partition coefficient (Wildman–Crippen LogP) is 3.08. The Labute approximate surface area is 253 Å². The highest BCUT2D eigenvalue weighted by atomic mass is 35.5. The summed E-state index contributed by atoms with van der Waals surface area (Å²) in [6.45, 7) is 7.36. The van der Waals surface area contributed by atoms with Gasteiger partial charge in [0.05, 0.1) is 5.69 Å². The molecule has 0 aliphatic heterocycles. The van der Waals surface area contributed by atoms with Gasteiger partial charge in [-0.3, -0.25) is 19.1 Å². The lowest BCUT2D eigenvalue weighted by Crippen LogP contribution is -2.57. The molecule has 2 N–H and O–H groups in total. The Morgan fingerprint density at radius 3 is 2.26 bits per heavy atom. The standard InChI is InChI=1S/C30H39ClN6O4S/c1-20(2)27(29(39)35-42(6,41)13-7-12-31)34-28(38)26(36(5)30(40)24-15-21(3)14-22(4)16-24)17-23-8-10-25(11-9-23)37-19-32-18-33-37/h8-11,14-16,18-20,26-27H,6-7,12-13,17H2,1-5H3,(H,34,38)(H,35,39,41)/t26-,27+,42?/m1/s1. The maximum absolute atomic E-state index is 13.9. The molecule has 3 rings (SSSR count). The molecule has 0 bridgehead atoms. The molecule has 42 heavy (non-hydrogen) atoms. The molecule has 2 aromatic carbocycles. The number of hydrogen-bond acceptors (Lipinski definition) is 6. The predicted molar refractivity (Wildman–Crippen MR) is 167 cm³/mol. The average molecular weight is 615 g/mol. The summed E-state index contributed by atoms with van der Waals surface area (Å²) in [5.41, 5.74) is 3.91. The third kappa shape index (κ3) is 8.90. The van der Waals surface area contributed by atoms with Gasteiger partial charge in [0.1, 0.15) is 24.7 Å². The summed E-state index contributed by atoms with van der Waals surface area (Å²) < 4.78 is 16.9. The van der Waals surface area contributed by atoms with Crippen molar-refractivity contribution in [1.29, 1.82) is 0 Å². The highest BCUT2D eigenvalue weighted by Gasteiger charge is 2.33. The van der Waals surface area contributed by atoms with E-state index in [9.17, 15) is 18.6 Å². The number of benzene rings is 2. The van der Waals surface area contributed by atoms with Crippen molar-refractivity contribution in [1.82, 2.24) is 29.7 Å². The van der Waals surface area contributed by atoms with Gasteiger partial charge in [-0.25, -0.2) is 13.9 Å². The average Bonchev–Trinajstić information content (AvgIpc) is 3.47. The molecule has 3 amide bonds. The Morgan fingerprint density at radius 1 is 1.07 bits per heavy atom. The summed E-state index contributed by atoms with van der Waals surface area (Å²) in [4.78, 5) is 46.0. The van der Waals surface area contributed by atoms with Crippen molar-refractivity contribution >= 4 is 44.9 Å². The number of nitrogens with zero attached hydrogens (tertiary/aromatic N) is 4. The van der Waals surface area contributed by atoms with Crippen LogP contribution in [0.25, 0.3) is 5.69 Å². The van der Waals surface area contributed by atoms with Crippen LogP contribution in [0.3, 0.4) is 0 Å². The fourth-order valence-corrected chi connectivity index (χ4v) is 6.07. The zero-order chi connectivity index (χ0) is 31.0. The van der Waals surface area contributed by atoms with E-state index in [0.717, 1.165) is 22.4 Å². The van der Waals surface area contributed by atoms with Crippen LogP contribution < -0.4 is 10.0 Å². The van der Waals surface area contributed by atoms with E-state index in [-0.39, 0.29) is 29.9 Å². The fraction of sp³-hybridized carbons (Fsp3) is 0.400. The number of likely N-dealkylation sites (N-methyl/N-ethyl adjacent to an activating group) is 1. The molecule has 226 valence electrons. The molecule has 3 atom stereocenters. The summed E-state index contributed by atoms with van der Waals surface area (Å²) in [5, 5.41) is 6.94. The van der Waals surface area contributed by atoms with Crippen LogP contribution in [0.5, 0.6) is 0 Å². The molecule has 3 aromatic rings. The minimum absolute atomic E-state index is 0.126. The third-order valence-corrected chi connectivity index (χ3v) is 8.54. The quantitative estimate of drug-likeness (QED) is 0.225. The molecule has 0 aliphatic carbocycles. The van der Waals surface area contributed by atoms with Crippen molar-refractivity contribution < 1.29 is 18.6 Å². The highest BCUT2D eigenvalue weighted by Crippen LogP contribution is 2.17. The van der Waals surface area contributed by atoms with Crippen LogP contribution in [-0.4, -0.2) is 78.2 Å². The summed E-state index contributed by atoms with van der Waals surface area (Å²) in [6.07, 6.45) is 3.63. The highest BCUT2D eigenvalue weighted by molar-refractivity contribution is 7.99. The van der Waals surface area contributed by atoms with Gasteiger partial charge in [0.2, 0.25) is 5.91 Å². The largest absolute Gasteiger partial charge is 0.342 e. The molecule has 0 radical (unpaired) electrons. The summed E-state index contributed by atoms with van der Waals surface area (Å²) in [6, 6.07) is 11.0. The molecule has 10 nitrogen and oxygen atoms in total. The first-order valence-corrected chi connectivity index (χ1v) is 16.1. The van der Waals surface area contributed by atoms with E-state index in [2.05, 4.69) is 26.0 Å². The maximum atomic E-state index is 13.9. The smallest absolute Gasteiger partial charge is 0.254 e. The van der Waals surface area contributed by atoms with Gasteiger partial charge in [-0.05, 0) is 61.9 Å². The van der Waals surface area contributed by atoms with E-state index < -0.39 is 33.6 Å². The zero-order valence-corrected chi connectivity index (χ0v) is 26.2. The molecule has 0 saturated heterocycles. The monoisotopic (exact) mass is 614 g/mol. The van der Waals surface area contributed by atoms with Crippen LogP contribution in [-0.2, 0) is 25.7 Å². The SMILES string of the molecule is C=S(=O)(CCCCl)NC(=O)[C@@H](NC(=O)[C@@H](Cc1ccc(-n2cncn2)cc1)N(C)C(=O)c1cc(C)cc(C)c1)C(C)C. The van der Waals surface area contributed by atoms with Gasteiger partial charge in [0, 0.05) is 40.4 Å². The van der Waals surface area contributed by atoms with Gasteiger partial charge in [0.25, 0.3) is 11.8 Å². The van der Waals surface area contributed by atoms with Gasteiger partial charge in [0.15, 0.2) is 0 Å². The van der Waals surface area contributed by atoms with E-state index in [1.807, 2.05) is 44.2 Å². The molecule has 1 aromatic heterocycles. The first-order valence-electron chi connectivity index (χ1n) is 13.6. The Morgan fingerprint density at radius 2 is 1.71 bits per heavy atom. The number of amides is 3. The number of aryl methyl sites for hydroxylation is 2. The second kappa shape index (κ2) is 14.5. The minimum Gasteiger partial charge on any atom is -0.342 e. The first-order chi connectivity index (χ1) is 19.8. The summed E-state index contributed by atoms with van der Waals surface area (Å²) >= 11 is 5.72. The lowest BCUT2D eigenvalue weighted by molar-refractivity contribution is -0.131. The molecular formula is C30H39ClN6O4S. The van der Waals surface area contributed by atoms with Crippen LogP contribution in [0.2, 0.25) is 0 Å². The normalized spacial score (nSPS) is 14.1. The zero-order valence-electron chi connectivity index (χ0n) is 24.7. The lowest BCUT2D eigenvalue weighted by Gasteiger charge is -2.31. The lowest BCUT2D eigenvalue weighted by atomic mass is 9.99. The van der Waals surface area contributed by atoms with E-state index in [0.29, 0.717) is 12.0 Å². The number of carbonyl (C=O) groups is 3. The van der Waals surface area contributed by atoms with Crippen LogP contribution in [0.1, 0.15) is 47.3 Å². The number of rotatable bonds is 13. The second-order valence-corrected chi connectivity index (χ2v) is 13.4. The molecule has 0 saturated carbocycles. The van der Waals surface area contributed by atoms with Crippen LogP contribution in [0.4, 0.5) is 0 Å². The maximum Gasteiger partial charge on any atom is 0.254 e. The Balaban J connectivity index is 1.90. The molecule has 1 heterocycles. The van der Waals surface area contributed by atoms with Gasteiger partial charge in [-0.1, -0.05) is 43.2 Å². The number of carbonyl (C=O) groups excluding carboxylic acids is 3. The molecule has 0 fully saturated rings. The first kappa shape index (κ1) is 32.8. The molecule has 0 aliphatic rings. The summed E-state index contributed by atoms with van der Waals surface area (Å²) in [5.74, 6) is 2.28. The number of nitrogens with one attached hydrogen (secondary N) is 2. The van der Waals surface area contributed by atoms with Crippen molar-refractivity contribution in [2.45, 2.75) is 52.6 Å². The van der Waals surface area contributed by atoms with E-state index in [1.165, 1.54) is 11.2 Å². The van der Waals surface area contributed by atoms with Gasteiger partial charge < -0.3 is 10.2 Å². The van der Waals surface area contributed by atoms with Crippen molar-refractivity contribution in [3.63, 3.8) is 0 Å². The number of alkyl halides is 1. The third-order valence-electron chi connectivity index (χ3n) is 6.75. The van der Waals surface area contributed by atoms with Crippen LogP contribution in [0, 0.1) is 19.8 Å². The van der Waals surface area contributed by atoms with Crippen molar-refractivity contribution in [2.24, 2.45) is 5.92 Å². The van der Waals surface area contributed by atoms with Crippen LogP contribution >= 0.6 is 11.6 Å². The second-order valence-electron chi connectivity index (χ2n) is 10.8. The number of aromatic nitrogens is 3. The van der Waals surface area contributed by atoms with Gasteiger partial charge >= 0.3 is 0 Å². The number of hydrogen-bond donors (Lipinski definition) is 2. The molecule has 0 spiro atoms. The van der Waals surface area contributed by atoms with E-state index in [1.54, 1.807) is 44.0 Å². The number of halogens is 1. The topological polar surface area (TPSA) is 126 Å². The minimum atomic E-state index is -2.93. The Bertz CT molecular complexity index is 1470. The van der Waals surface area contributed by atoms with Crippen molar-refractivity contribution in [3.05, 3.63) is 77.4 Å². The van der Waals surface area contributed by atoms with Gasteiger partial charge in [-0.15, -0.1) is 11.6 Å². The van der Waals surface area contributed by atoms with Crippen LogP contribution in [0.15, 0.2) is 55.1 Å². The molecule has 12 heteroatoms. The molecule has 1 unspecified atom stereocenters. The Kier molecular flexibility index (Phi) is 11.3. The molecular weight excluding hydrogens is 576 g/mol. The van der Waals surface area contributed by atoms with E-state index >= 15 is 0 Å². The summed E-state index contributed by atoms with van der Waals surface area (Å²) in [7, 11) is -1.36. The Hall–Kier alpha value is -3.70.